The van der Waals surface area contributed by atoms with Crippen molar-refractivity contribution < 1.29 is 22.7 Å². The van der Waals surface area contributed by atoms with Gasteiger partial charge in [0.1, 0.15) is 5.56 Å². The standard InChI is InChI=1S/C23H26N4O5S/c1-15-11-12-19(33(30,31)26(4)5)13-20(15)24-21(28)14-32-23(29)22-16(2)25-27(17(22)3)18-9-7-6-8-10-18/h6-13H,14H2,1-5H3,(H,24,28). The molecule has 0 bridgehead atoms. The topological polar surface area (TPSA) is 111 Å². The Morgan fingerprint density at radius 2 is 1.73 bits per heavy atom. The highest BCUT2D eigenvalue weighted by Gasteiger charge is 2.22. The lowest BCUT2D eigenvalue weighted by Crippen LogP contribution is -2.24. The number of ether oxygens (including phenoxy) is 1. The predicted octanol–water partition coefficient (Wildman–Crippen LogP) is 2.84. The number of amides is 1. The second kappa shape index (κ2) is 9.55. The van der Waals surface area contributed by atoms with E-state index in [9.17, 15) is 18.0 Å². The fourth-order valence-corrected chi connectivity index (χ4v) is 4.18. The summed E-state index contributed by atoms with van der Waals surface area (Å²) < 4.78 is 32.7. The minimum absolute atomic E-state index is 0.0463. The summed E-state index contributed by atoms with van der Waals surface area (Å²) in [5.74, 6) is -1.25. The van der Waals surface area contributed by atoms with Gasteiger partial charge in [-0.25, -0.2) is 22.2 Å². The zero-order valence-electron chi connectivity index (χ0n) is 19.1. The van der Waals surface area contributed by atoms with Crippen molar-refractivity contribution in [1.29, 1.82) is 0 Å². The summed E-state index contributed by atoms with van der Waals surface area (Å²) in [6, 6.07) is 13.8. The van der Waals surface area contributed by atoms with E-state index in [2.05, 4.69) is 10.4 Å². The lowest BCUT2D eigenvalue weighted by atomic mass is 10.2. The van der Waals surface area contributed by atoms with Gasteiger partial charge in [-0.2, -0.15) is 5.10 Å². The van der Waals surface area contributed by atoms with Crippen LogP contribution < -0.4 is 5.32 Å². The van der Waals surface area contributed by atoms with Crippen LogP contribution in [0.5, 0.6) is 0 Å². The van der Waals surface area contributed by atoms with Crippen LogP contribution in [-0.2, 0) is 19.6 Å². The van der Waals surface area contributed by atoms with Crippen LogP contribution in [0.1, 0.15) is 27.3 Å². The molecule has 3 rings (SSSR count). The van der Waals surface area contributed by atoms with Crippen LogP contribution in [0.2, 0.25) is 0 Å². The highest BCUT2D eigenvalue weighted by molar-refractivity contribution is 7.89. The number of anilines is 1. The number of carbonyl (C=O) groups is 2. The third-order valence-corrected chi connectivity index (χ3v) is 6.90. The number of nitrogens with zero attached hydrogens (tertiary/aromatic N) is 3. The number of sulfonamides is 1. The maximum absolute atomic E-state index is 12.7. The summed E-state index contributed by atoms with van der Waals surface area (Å²) in [4.78, 5) is 25.1. The summed E-state index contributed by atoms with van der Waals surface area (Å²) in [7, 11) is -0.802. The average molecular weight is 471 g/mol. The molecule has 1 amide bonds. The number of esters is 1. The molecule has 0 fully saturated rings. The van der Waals surface area contributed by atoms with E-state index in [1.807, 2.05) is 30.3 Å². The second-order valence-corrected chi connectivity index (χ2v) is 9.83. The van der Waals surface area contributed by atoms with Crippen molar-refractivity contribution in [3.63, 3.8) is 0 Å². The van der Waals surface area contributed by atoms with Crippen LogP contribution in [0, 0.1) is 20.8 Å². The maximum Gasteiger partial charge on any atom is 0.342 e. The summed E-state index contributed by atoms with van der Waals surface area (Å²) in [6.07, 6.45) is 0. The van der Waals surface area contributed by atoms with Gasteiger partial charge in [-0.1, -0.05) is 24.3 Å². The number of rotatable bonds is 7. The van der Waals surface area contributed by atoms with Crippen LogP contribution in [0.3, 0.4) is 0 Å². The molecule has 1 aromatic heterocycles. The lowest BCUT2D eigenvalue weighted by Gasteiger charge is -2.14. The summed E-state index contributed by atoms with van der Waals surface area (Å²) in [5.41, 5.74) is 3.17. The van der Waals surface area contributed by atoms with E-state index in [0.29, 0.717) is 28.2 Å². The summed E-state index contributed by atoms with van der Waals surface area (Å²) in [5, 5.41) is 7.02. The van der Waals surface area contributed by atoms with Crippen molar-refractivity contribution in [3.05, 3.63) is 71.0 Å². The Labute approximate surface area is 193 Å². The first-order valence-electron chi connectivity index (χ1n) is 10.1. The molecule has 1 N–H and O–H groups in total. The molecular weight excluding hydrogens is 444 g/mol. The average Bonchev–Trinajstić information content (AvgIpc) is 3.08. The maximum atomic E-state index is 12.7. The molecule has 0 aliphatic heterocycles. The number of carbonyl (C=O) groups excluding carboxylic acids is 2. The number of aromatic nitrogens is 2. The first kappa shape index (κ1) is 24.1. The van der Waals surface area contributed by atoms with Crippen LogP contribution in [-0.4, -0.2) is 55.1 Å². The monoisotopic (exact) mass is 470 g/mol. The molecule has 0 atom stereocenters. The second-order valence-electron chi connectivity index (χ2n) is 7.68. The first-order chi connectivity index (χ1) is 15.5. The molecule has 0 aliphatic rings. The third kappa shape index (κ3) is 5.12. The molecule has 0 saturated carbocycles. The molecule has 33 heavy (non-hydrogen) atoms. The van der Waals surface area contributed by atoms with E-state index < -0.39 is 28.5 Å². The molecule has 174 valence electrons. The van der Waals surface area contributed by atoms with Crippen LogP contribution >= 0.6 is 0 Å². The Balaban J connectivity index is 1.71. The zero-order chi connectivity index (χ0) is 24.3. The molecule has 10 heteroatoms. The Kier molecular flexibility index (Phi) is 6.99. The molecule has 0 saturated heterocycles. The zero-order valence-corrected chi connectivity index (χ0v) is 19.9. The Hall–Kier alpha value is -3.50. The van der Waals surface area contributed by atoms with Crippen LogP contribution in [0.15, 0.2) is 53.4 Å². The number of aryl methyl sites for hydroxylation is 2. The van der Waals surface area contributed by atoms with Gasteiger partial charge in [-0.05, 0) is 50.6 Å². The highest BCUT2D eigenvalue weighted by atomic mass is 32.2. The number of para-hydroxylation sites is 1. The number of hydrogen-bond donors (Lipinski definition) is 1. The van der Waals surface area contributed by atoms with Crippen LogP contribution in [0.25, 0.3) is 5.69 Å². The van der Waals surface area contributed by atoms with Gasteiger partial charge in [-0.15, -0.1) is 0 Å². The van der Waals surface area contributed by atoms with E-state index in [-0.39, 0.29) is 4.90 Å². The fraction of sp³-hybridized carbons (Fsp3) is 0.261. The summed E-state index contributed by atoms with van der Waals surface area (Å²) in [6.45, 7) is 4.66. The first-order valence-corrected chi connectivity index (χ1v) is 11.6. The van der Waals surface area contributed by atoms with Gasteiger partial charge >= 0.3 is 5.97 Å². The van der Waals surface area contributed by atoms with Gasteiger partial charge in [0.15, 0.2) is 6.61 Å². The highest BCUT2D eigenvalue weighted by Crippen LogP contribution is 2.22. The molecule has 0 radical (unpaired) electrons. The van der Waals surface area contributed by atoms with Gasteiger partial charge in [0.05, 0.1) is 22.0 Å². The normalized spacial score (nSPS) is 11.5. The van der Waals surface area contributed by atoms with E-state index >= 15 is 0 Å². The summed E-state index contributed by atoms with van der Waals surface area (Å²) >= 11 is 0. The minimum atomic E-state index is -3.66. The number of nitrogens with one attached hydrogen (secondary N) is 1. The molecular formula is C23H26N4O5S. The van der Waals surface area contributed by atoms with Crippen molar-refractivity contribution in [2.24, 2.45) is 0 Å². The van der Waals surface area contributed by atoms with Gasteiger partial charge in [0.2, 0.25) is 10.0 Å². The van der Waals surface area contributed by atoms with Crippen molar-refractivity contribution in [2.75, 3.05) is 26.0 Å². The van der Waals surface area contributed by atoms with E-state index in [1.165, 1.54) is 26.2 Å². The molecule has 2 aromatic carbocycles. The smallest absolute Gasteiger partial charge is 0.342 e. The fourth-order valence-electron chi connectivity index (χ4n) is 3.26. The van der Waals surface area contributed by atoms with Crippen molar-refractivity contribution >= 4 is 27.6 Å². The molecule has 0 spiro atoms. The van der Waals surface area contributed by atoms with Crippen molar-refractivity contribution in [2.45, 2.75) is 25.7 Å². The third-order valence-electron chi connectivity index (χ3n) is 5.09. The Morgan fingerprint density at radius 3 is 2.36 bits per heavy atom. The Bertz CT molecular complexity index is 1300. The number of hydrogen-bond acceptors (Lipinski definition) is 6. The molecule has 0 aliphatic carbocycles. The SMILES string of the molecule is Cc1ccc(S(=O)(=O)N(C)C)cc1NC(=O)COC(=O)c1c(C)nn(-c2ccccc2)c1C. The van der Waals surface area contributed by atoms with E-state index in [4.69, 9.17) is 4.74 Å². The van der Waals surface area contributed by atoms with Crippen LogP contribution in [0.4, 0.5) is 5.69 Å². The van der Waals surface area contributed by atoms with E-state index in [1.54, 1.807) is 31.5 Å². The van der Waals surface area contributed by atoms with Gasteiger partial charge in [-0.3, -0.25) is 4.79 Å². The molecule has 9 nitrogen and oxygen atoms in total. The molecule has 3 aromatic rings. The van der Waals surface area contributed by atoms with E-state index in [0.717, 1.165) is 9.99 Å². The molecule has 0 unspecified atom stereocenters. The van der Waals surface area contributed by atoms with Gasteiger partial charge in [0.25, 0.3) is 5.91 Å². The van der Waals surface area contributed by atoms with Crippen molar-refractivity contribution in [3.8, 4) is 5.69 Å². The largest absolute Gasteiger partial charge is 0.452 e. The lowest BCUT2D eigenvalue weighted by molar-refractivity contribution is -0.119. The van der Waals surface area contributed by atoms with Crippen molar-refractivity contribution in [1.82, 2.24) is 14.1 Å². The quantitative estimate of drug-likeness (QED) is 0.532. The predicted molar refractivity (Wildman–Crippen MR) is 124 cm³/mol. The Morgan fingerprint density at radius 1 is 1.06 bits per heavy atom. The number of benzene rings is 2. The van der Waals surface area contributed by atoms with Gasteiger partial charge < -0.3 is 10.1 Å². The van der Waals surface area contributed by atoms with Gasteiger partial charge in [0, 0.05) is 19.8 Å². The minimum Gasteiger partial charge on any atom is -0.452 e. The molecule has 1 heterocycles.